The van der Waals surface area contributed by atoms with E-state index in [2.05, 4.69) is 10.2 Å². The fourth-order valence-electron chi connectivity index (χ4n) is 4.66. The Balaban J connectivity index is 1.45. The lowest BCUT2D eigenvalue weighted by Crippen LogP contribution is -2.40. The third kappa shape index (κ3) is 4.10. The Bertz CT molecular complexity index is 1200. The maximum absolute atomic E-state index is 14.3. The topological polar surface area (TPSA) is 95.1 Å². The molecule has 2 aromatic heterocycles. The molecule has 1 fully saturated rings. The minimum atomic E-state index is -0.344. The largest absolute Gasteiger partial charge is 0.337 e. The lowest BCUT2D eigenvalue weighted by Gasteiger charge is -2.34. The van der Waals surface area contributed by atoms with Crippen LogP contribution >= 0.6 is 0 Å². The van der Waals surface area contributed by atoms with E-state index in [0.717, 1.165) is 24.1 Å². The number of hydrogen-bond acceptors (Lipinski definition) is 5. The van der Waals surface area contributed by atoms with Gasteiger partial charge in [0.2, 0.25) is 5.91 Å². The first-order valence-electron chi connectivity index (χ1n) is 11.2. The molecule has 2 amide bonds. The number of anilines is 1. The summed E-state index contributed by atoms with van der Waals surface area (Å²) in [5.41, 5.74) is 2.67. The van der Waals surface area contributed by atoms with Crippen molar-refractivity contribution in [2.24, 2.45) is 0 Å². The zero-order chi connectivity index (χ0) is 22.9. The number of likely N-dealkylation sites (tertiary alicyclic amines) is 1. The second-order valence-corrected chi connectivity index (χ2v) is 8.60. The summed E-state index contributed by atoms with van der Waals surface area (Å²) < 4.78 is 14.3. The van der Waals surface area contributed by atoms with Gasteiger partial charge in [0.05, 0.1) is 6.54 Å². The summed E-state index contributed by atoms with van der Waals surface area (Å²) in [6.45, 7) is 3.22. The number of fused-ring (bicyclic) bond motifs is 1. The van der Waals surface area contributed by atoms with Gasteiger partial charge in [-0.1, -0.05) is 18.2 Å². The zero-order valence-electron chi connectivity index (χ0n) is 18.4. The molecule has 0 saturated carbocycles. The van der Waals surface area contributed by atoms with Crippen molar-refractivity contribution in [1.29, 1.82) is 0 Å². The normalized spacial score (nSPS) is 18.4. The van der Waals surface area contributed by atoms with Crippen molar-refractivity contribution in [3.63, 3.8) is 0 Å². The molecule has 33 heavy (non-hydrogen) atoms. The monoisotopic (exact) mass is 448 g/mol. The first-order chi connectivity index (χ1) is 16.0. The molecule has 4 heterocycles. The van der Waals surface area contributed by atoms with Crippen LogP contribution in [0.1, 0.15) is 58.3 Å². The molecule has 1 saturated heterocycles. The van der Waals surface area contributed by atoms with Crippen LogP contribution in [0.2, 0.25) is 0 Å². The minimum absolute atomic E-state index is 0.0399. The predicted octanol–water partition coefficient (Wildman–Crippen LogP) is 3.15. The number of benzene rings is 1. The number of nitrogens with one attached hydrogen (secondary N) is 1. The van der Waals surface area contributed by atoms with E-state index in [1.807, 2.05) is 6.92 Å². The summed E-state index contributed by atoms with van der Waals surface area (Å²) in [5, 5.41) is 6.60. The molecular formula is C24H25FN6O2. The lowest BCUT2D eigenvalue weighted by molar-refractivity contribution is -0.119. The number of aromatic amines is 1. The van der Waals surface area contributed by atoms with Crippen LogP contribution in [0.5, 0.6) is 0 Å². The van der Waals surface area contributed by atoms with Crippen molar-refractivity contribution in [2.75, 3.05) is 18.0 Å². The van der Waals surface area contributed by atoms with E-state index in [9.17, 15) is 14.0 Å². The van der Waals surface area contributed by atoms with Gasteiger partial charge in [-0.15, -0.1) is 0 Å². The number of rotatable bonds is 4. The van der Waals surface area contributed by atoms with Gasteiger partial charge >= 0.3 is 0 Å². The number of aryl methyl sites for hydroxylation is 1. The summed E-state index contributed by atoms with van der Waals surface area (Å²) >= 11 is 0. The molecule has 0 unspecified atom stereocenters. The van der Waals surface area contributed by atoms with Gasteiger partial charge in [-0.2, -0.15) is 5.10 Å². The average Bonchev–Trinajstić information content (AvgIpc) is 3.37. The van der Waals surface area contributed by atoms with Gasteiger partial charge in [-0.3, -0.25) is 19.6 Å². The summed E-state index contributed by atoms with van der Waals surface area (Å²) in [7, 11) is 0. The van der Waals surface area contributed by atoms with Crippen molar-refractivity contribution in [2.45, 2.75) is 45.1 Å². The number of carbonyl (C=O) groups is 2. The van der Waals surface area contributed by atoms with Crippen LogP contribution in [-0.4, -0.2) is 50.0 Å². The van der Waals surface area contributed by atoms with Crippen molar-refractivity contribution < 1.29 is 14.0 Å². The maximum atomic E-state index is 14.3. The van der Waals surface area contributed by atoms with E-state index in [1.165, 1.54) is 6.07 Å². The number of carbonyl (C=O) groups excluding carboxylic acids is 2. The third-order valence-electron chi connectivity index (χ3n) is 6.45. The highest BCUT2D eigenvalue weighted by atomic mass is 19.1. The van der Waals surface area contributed by atoms with Crippen LogP contribution in [-0.2, 0) is 17.8 Å². The molecule has 1 atom stereocenters. The van der Waals surface area contributed by atoms with Crippen LogP contribution in [0.25, 0.3) is 0 Å². The molecule has 0 radical (unpaired) electrons. The van der Waals surface area contributed by atoms with Crippen molar-refractivity contribution in [3.05, 3.63) is 70.7 Å². The van der Waals surface area contributed by atoms with Gasteiger partial charge in [0, 0.05) is 48.4 Å². The molecule has 1 aromatic carbocycles. The standard InChI is InChI=1S/C24H25FN6O2/c1-15-18-8-9-21(32)31(14-16-5-2-3-7-19(16)25)23(18)28-22(27-15)17-6-4-12-30(13-17)24(33)20-10-11-26-29-20/h2-3,5,7,10-11,17H,4,6,8-9,12-14H2,1H3,(H,26,29)/t17-/m0/s1. The van der Waals surface area contributed by atoms with E-state index in [4.69, 9.17) is 9.97 Å². The minimum Gasteiger partial charge on any atom is -0.337 e. The molecule has 1 N–H and O–H groups in total. The van der Waals surface area contributed by atoms with Crippen LogP contribution in [0.4, 0.5) is 10.2 Å². The fourth-order valence-corrected chi connectivity index (χ4v) is 4.66. The molecule has 5 rings (SSSR count). The van der Waals surface area contributed by atoms with Gasteiger partial charge < -0.3 is 4.90 Å². The Hall–Kier alpha value is -3.62. The van der Waals surface area contributed by atoms with E-state index in [1.54, 1.807) is 40.3 Å². The number of H-pyrrole nitrogens is 1. The molecule has 9 heteroatoms. The smallest absolute Gasteiger partial charge is 0.271 e. The molecule has 170 valence electrons. The average molecular weight is 449 g/mol. The summed E-state index contributed by atoms with van der Waals surface area (Å²) in [6, 6.07) is 8.14. The molecular weight excluding hydrogens is 423 g/mol. The number of nitrogens with zero attached hydrogens (tertiary/aromatic N) is 5. The van der Waals surface area contributed by atoms with Crippen LogP contribution in [0.3, 0.4) is 0 Å². The zero-order valence-corrected chi connectivity index (χ0v) is 18.4. The first-order valence-corrected chi connectivity index (χ1v) is 11.2. The quantitative estimate of drug-likeness (QED) is 0.662. The van der Waals surface area contributed by atoms with Gasteiger partial charge in [0.1, 0.15) is 23.2 Å². The fraction of sp³-hybridized carbons (Fsp3) is 0.375. The highest BCUT2D eigenvalue weighted by molar-refractivity contribution is 5.95. The molecule has 0 spiro atoms. The Morgan fingerprint density at radius 3 is 2.85 bits per heavy atom. The molecule has 3 aromatic rings. The van der Waals surface area contributed by atoms with Gasteiger partial charge in [-0.05, 0) is 38.3 Å². The molecule has 2 aliphatic rings. The Morgan fingerprint density at radius 2 is 2.06 bits per heavy atom. The van der Waals surface area contributed by atoms with Crippen LogP contribution < -0.4 is 4.90 Å². The van der Waals surface area contributed by atoms with Gasteiger partial charge in [0.25, 0.3) is 5.91 Å². The maximum Gasteiger partial charge on any atom is 0.271 e. The highest BCUT2D eigenvalue weighted by Crippen LogP contribution is 2.33. The van der Waals surface area contributed by atoms with E-state index < -0.39 is 0 Å². The third-order valence-corrected chi connectivity index (χ3v) is 6.45. The SMILES string of the molecule is Cc1nc([C@H]2CCCN(C(=O)c3ccn[nH]3)C2)nc2c1CCC(=O)N2Cc1ccccc1F. The summed E-state index contributed by atoms with van der Waals surface area (Å²) in [5.74, 6) is 0.638. The number of hydrogen-bond donors (Lipinski definition) is 1. The number of aromatic nitrogens is 4. The van der Waals surface area contributed by atoms with Gasteiger partial charge in [0.15, 0.2) is 0 Å². The van der Waals surface area contributed by atoms with E-state index in [0.29, 0.717) is 48.8 Å². The van der Waals surface area contributed by atoms with Crippen LogP contribution in [0, 0.1) is 12.7 Å². The Morgan fingerprint density at radius 1 is 1.21 bits per heavy atom. The first kappa shape index (κ1) is 21.2. The van der Waals surface area contributed by atoms with E-state index in [-0.39, 0.29) is 30.1 Å². The van der Waals surface area contributed by atoms with Crippen molar-refractivity contribution >= 4 is 17.6 Å². The molecule has 0 bridgehead atoms. The predicted molar refractivity (Wildman–Crippen MR) is 119 cm³/mol. The molecule has 2 aliphatic heterocycles. The molecule has 8 nitrogen and oxygen atoms in total. The van der Waals surface area contributed by atoms with Crippen LogP contribution in [0.15, 0.2) is 36.5 Å². The van der Waals surface area contributed by atoms with Gasteiger partial charge in [-0.25, -0.2) is 14.4 Å². The molecule has 0 aliphatic carbocycles. The number of piperidine rings is 1. The summed E-state index contributed by atoms with van der Waals surface area (Å²) in [6.07, 6.45) is 4.17. The number of amides is 2. The second kappa shape index (κ2) is 8.73. The second-order valence-electron chi connectivity index (χ2n) is 8.60. The van der Waals surface area contributed by atoms with Crippen molar-refractivity contribution in [1.82, 2.24) is 25.1 Å². The lowest BCUT2D eigenvalue weighted by atomic mass is 9.95. The Labute approximate surface area is 190 Å². The Kier molecular flexibility index (Phi) is 5.62. The van der Waals surface area contributed by atoms with Crippen molar-refractivity contribution in [3.8, 4) is 0 Å². The highest BCUT2D eigenvalue weighted by Gasteiger charge is 2.32. The number of halogens is 1. The van der Waals surface area contributed by atoms with E-state index >= 15 is 0 Å². The summed E-state index contributed by atoms with van der Waals surface area (Å²) in [4.78, 5) is 38.6.